The normalized spacial score (nSPS) is 18.8. The van der Waals surface area contributed by atoms with E-state index in [4.69, 9.17) is 0 Å². The van der Waals surface area contributed by atoms with Crippen LogP contribution in [0.25, 0.3) is 0 Å². The molecule has 0 atom stereocenters. The molecule has 1 fully saturated rings. The van der Waals surface area contributed by atoms with Crippen molar-refractivity contribution >= 4 is 15.8 Å². The summed E-state index contributed by atoms with van der Waals surface area (Å²) in [5.41, 5.74) is 0.918. The summed E-state index contributed by atoms with van der Waals surface area (Å²) in [4.78, 5) is 8.19. The van der Waals surface area contributed by atoms with Gasteiger partial charge >= 0.3 is 0 Å². The van der Waals surface area contributed by atoms with Crippen LogP contribution >= 0.6 is 0 Å². The minimum atomic E-state index is -3.05. The van der Waals surface area contributed by atoms with Gasteiger partial charge in [-0.15, -0.1) is 0 Å². The van der Waals surface area contributed by atoms with E-state index in [1.807, 2.05) is 13.0 Å². The Kier molecular flexibility index (Phi) is 3.82. The number of anilines is 1. The quantitative estimate of drug-likeness (QED) is 0.871. The zero-order valence-electron chi connectivity index (χ0n) is 10.6. The molecule has 7 heteroatoms. The summed E-state index contributed by atoms with van der Waals surface area (Å²) in [5.74, 6) is 0.806. The molecule has 0 saturated carbocycles. The van der Waals surface area contributed by atoms with Gasteiger partial charge in [-0.2, -0.15) is 0 Å². The summed E-state index contributed by atoms with van der Waals surface area (Å²) < 4.78 is 24.3. The lowest BCUT2D eigenvalue weighted by Gasteiger charge is -2.30. The Morgan fingerprint density at radius 1 is 1.33 bits per heavy atom. The van der Waals surface area contributed by atoms with Crippen molar-refractivity contribution in [2.45, 2.75) is 25.8 Å². The van der Waals surface area contributed by atoms with E-state index in [9.17, 15) is 8.42 Å². The van der Waals surface area contributed by atoms with E-state index in [2.05, 4.69) is 15.3 Å². The van der Waals surface area contributed by atoms with Crippen molar-refractivity contribution in [1.29, 1.82) is 0 Å². The van der Waals surface area contributed by atoms with Crippen molar-refractivity contribution in [2.75, 3.05) is 24.7 Å². The third kappa shape index (κ3) is 3.39. The Hall–Kier alpha value is -1.21. The maximum Gasteiger partial charge on any atom is 0.211 e. The minimum absolute atomic E-state index is 0.275. The maximum absolute atomic E-state index is 11.4. The van der Waals surface area contributed by atoms with E-state index in [0.29, 0.717) is 13.1 Å². The van der Waals surface area contributed by atoms with Gasteiger partial charge in [0.2, 0.25) is 10.0 Å². The molecule has 1 aromatic rings. The minimum Gasteiger partial charge on any atom is -0.367 e. The fraction of sp³-hybridized carbons (Fsp3) is 0.636. The van der Waals surface area contributed by atoms with E-state index in [0.717, 1.165) is 24.4 Å². The third-order valence-corrected chi connectivity index (χ3v) is 4.38. The molecule has 1 saturated heterocycles. The molecule has 0 unspecified atom stereocenters. The molecule has 100 valence electrons. The molecule has 0 bridgehead atoms. The van der Waals surface area contributed by atoms with Crippen molar-refractivity contribution in [2.24, 2.45) is 0 Å². The van der Waals surface area contributed by atoms with Crippen LogP contribution < -0.4 is 5.32 Å². The van der Waals surface area contributed by atoms with Gasteiger partial charge in [-0.05, 0) is 19.8 Å². The summed E-state index contributed by atoms with van der Waals surface area (Å²) in [6.07, 6.45) is 4.39. The lowest BCUT2D eigenvalue weighted by atomic mass is 10.1. The van der Waals surface area contributed by atoms with E-state index >= 15 is 0 Å². The third-order valence-electron chi connectivity index (χ3n) is 3.08. The average Bonchev–Trinajstić information content (AvgIpc) is 2.28. The SMILES string of the molecule is Cc1cc(NC2CCN(S(C)(=O)=O)CC2)ncn1. The largest absolute Gasteiger partial charge is 0.367 e. The Morgan fingerprint density at radius 2 is 2.00 bits per heavy atom. The molecule has 1 aliphatic heterocycles. The van der Waals surface area contributed by atoms with Crippen LogP contribution in [-0.2, 0) is 10.0 Å². The van der Waals surface area contributed by atoms with Gasteiger partial charge in [0.25, 0.3) is 0 Å². The summed E-state index contributed by atoms with van der Waals surface area (Å²) in [6.45, 7) is 3.06. The van der Waals surface area contributed by atoms with Gasteiger partial charge in [-0.25, -0.2) is 22.7 Å². The van der Waals surface area contributed by atoms with E-state index in [1.165, 1.54) is 16.9 Å². The molecule has 0 aromatic carbocycles. The molecule has 18 heavy (non-hydrogen) atoms. The summed E-state index contributed by atoms with van der Waals surface area (Å²) in [6, 6.07) is 2.17. The molecule has 1 N–H and O–H groups in total. The van der Waals surface area contributed by atoms with Gasteiger partial charge in [0.05, 0.1) is 6.26 Å². The number of aryl methyl sites for hydroxylation is 1. The topological polar surface area (TPSA) is 75.2 Å². The smallest absolute Gasteiger partial charge is 0.211 e. The lowest BCUT2D eigenvalue weighted by Crippen LogP contribution is -2.41. The Bertz CT molecular complexity index is 510. The molecule has 0 amide bonds. The highest BCUT2D eigenvalue weighted by Gasteiger charge is 2.24. The molecule has 0 spiro atoms. The highest BCUT2D eigenvalue weighted by molar-refractivity contribution is 7.88. The fourth-order valence-electron chi connectivity index (χ4n) is 2.07. The first kappa shape index (κ1) is 13.2. The number of rotatable bonds is 3. The van der Waals surface area contributed by atoms with Crippen LogP contribution in [0.2, 0.25) is 0 Å². The molecule has 1 aliphatic rings. The van der Waals surface area contributed by atoms with Crippen molar-refractivity contribution in [1.82, 2.24) is 14.3 Å². The first-order valence-electron chi connectivity index (χ1n) is 5.95. The van der Waals surface area contributed by atoms with Gasteiger partial charge in [0.1, 0.15) is 12.1 Å². The predicted octanol–water partition coefficient (Wildman–Crippen LogP) is 0.621. The summed E-state index contributed by atoms with van der Waals surface area (Å²) >= 11 is 0. The van der Waals surface area contributed by atoms with Crippen molar-refractivity contribution in [3.05, 3.63) is 18.1 Å². The van der Waals surface area contributed by atoms with Gasteiger partial charge in [-0.1, -0.05) is 0 Å². The fourth-order valence-corrected chi connectivity index (χ4v) is 2.95. The molecule has 1 aromatic heterocycles. The number of aromatic nitrogens is 2. The summed E-state index contributed by atoms with van der Waals surface area (Å²) in [5, 5.41) is 3.32. The van der Waals surface area contributed by atoms with Crippen LogP contribution in [0.3, 0.4) is 0 Å². The number of piperidine rings is 1. The molecule has 2 rings (SSSR count). The van der Waals surface area contributed by atoms with Gasteiger partial charge in [-0.3, -0.25) is 0 Å². The zero-order chi connectivity index (χ0) is 13.2. The maximum atomic E-state index is 11.4. The first-order chi connectivity index (χ1) is 8.45. The Labute approximate surface area is 107 Å². The molecule has 6 nitrogen and oxygen atoms in total. The average molecular weight is 270 g/mol. The Balaban J connectivity index is 1.91. The van der Waals surface area contributed by atoms with Crippen LogP contribution in [0.15, 0.2) is 12.4 Å². The van der Waals surface area contributed by atoms with Crippen molar-refractivity contribution in [3.8, 4) is 0 Å². The van der Waals surface area contributed by atoms with Crippen LogP contribution in [0, 0.1) is 6.92 Å². The molecular weight excluding hydrogens is 252 g/mol. The van der Waals surface area contributed by atoms with E-state index < -0.39 is 10.0 Å². The number of hydrogen-bond acceptors (Lipinski definition) is 5. The Morgan fingerprint density at radius 3 is 2.56 bits per heavy atom. The second-order valence-electron chi connectivity index (χ2n) is 4.63. The lowest BCUT2D eigenvalue weighted by molar-refractivity contribution is 0.331. The second kappa shape index (κ2) is 5.19. The second-order valence-corrected chi connectivity index (χ2v) is 6.61. The monoisotopic (exact) mass is 270 g/mol. The molecular formula is C11H18N4O2S. The number of nitrogens with one attached hydrogen (secondary N) is 1. The van der Waals surface area contributed by atoms with E-state index in [-0.39, 0.29) is 6.04 Å². The summed E-state index contributed by atoms with van der Waals surface area (Å²) in [7, 11) is -3.05. The zero-order valence-corrected chi connectivity index (χ0v) is 11.4. The van der Waals surface area contributed by atoms with Crippen molar-refractivity contribution < 1.29 is 8.42 Å². The standard InChI is InChI=1S/C11H18N4O2S/c1-9-7-11(13-8-12-9)14-10-3-5-15(6-4-10)18(2,16)17/h7-8,10H,3-6H2,1-2H3,(H,12,13,14). The first-order valence-corrected chi connectivity index (χ1v) is 7.80. The highest BCUT2D eigenvalue weighted by atomic mass is 32.2. The molecule has 2 heterocycles. The van der Waals surface area contributed by atoms with Crippen LogP contribution in [-0.4, -0.2) is 48.1 Å². The highest BCUT2D eigenvalue weighted by Crippen LogP contribution is 2.16. The number of hydrogen-bond donors (Lipinski definition) is 1. The van der Waals surface area contributed by atoms with Crippen molar-refractivity contribution in [3.63, 3.8) is 0 Å². The predicted molar refractivity (Wildman–Crippen MR) is 69.8 cm³/mol. The van der Waals surface area contributed by atoms with Crippen LogP contribution in [0.4, 0.5) is 5.82 Å². The number of sulfonamides is 1. The van der Waals surface area contributed by atoms with Gasteiger partial charge < -0.3 is 5.32 Å². The van der Waals surface area contributed by atoms with E-state index in [1.54, 1.807) is 0 Å². The van der Waals surface area contributed by atoms with Gasteiger partial charge in [0, 0.05) is 30.9 Å². The number of nitrogens with zero attached hydrogens (tertiary/aromatic N) is 3. The molecule has 0 aliphatic carbocycles. The van der Waals surface area contributed by atoms with Crippen LogP contribution in [0.1, 0.15) is 18.5 Å². The molecule has 0 radical (unpaired) electrons. The van der Waals surface area contributed by atoms with Gasteiger partial charge in [0.15, 0.2) is 0 Å². The van der Waals surface area contributed by atoms with Crippen LogP contribution in [0.5, 0.6) is 0 Å².